The van der Waals surface area contributed by atoms with Crippen LogP contribution in [0.5, 0.6) is 0 Å². The number of halogens is 15. The molecule has 0 amide bonds. The molecule has 0 aromatic carbocycles. The molecule has 1 radical (unpaired) electrons. The fraction of sp³-hybridized carbons (Fsp3) is 0.875. The Hall–Kier alpha value is -0.385. The minimum absolute atomic E-state index is 0. The van der Waals surface area contributed by atoms with Crippen LogP contribution in [-0.2, 0) is 4.79 Å². The van der Waals surface area contributed by atoms with Crippen molar-refractivity contribution in [3.63, 3.8) is 0 Å². The summed E-state index contributed by atoms with van der Waals surface area (Å²) in [6.07, 6.45) is -7.69. The summed E-state index contributed by atoms with van der Waals surface area (Å²) in [7, 11) is 0. The maximum absolute atomic E-state index is 12.8. The Morgan fingerprint density at radius 2 is 0.731 bits per heavy atom. The molecule has 26 heavy (non-hydrogen) atoms. The molecule has 0 aliphatic rings. The number of carboxylic acid groups (broad SMARTS) is 1. The van der Waals surface area contributed by atoms with Crippen LogP contribution in [-0.4, -0.2) is 52.8 Å². The normalized spacial score (nSPS) is 15.5. The maximum Gasteiger partial charge on any atom is 0.460 e. The number of carbonyl (C=O) groups is 1. The summed E-state index contributed by atoms with van der Waals surface area (Å²) in [6.45, 7) is 0. The van der Waals surface area contributed by atoms with E-state index in [0.29, 0.717) is 0 Å². The first kappa shape index (κ1) is 27.8. The Bertz CT molecular complexity index is 536. The van der Waals surface area contributed by atoms with Crippen molar-refractivity contribution >= 4 is 5.97 Å². The molecule has 153 valence electrons. The van der Waals surface area contributed by atoms with Crippen molar-refractivity contribution in [2.75, 3.05) is 0 Å². The fourth-order valence-electron chi connectivity index (χ4n) is 1.10. The molecule has 0 spiro atoms. The van der Waals surface area contributed by atoms with E-state index in [1.54, 1.807) is 0 Å². The van der Waals surface area contributed by atoms with E-state index >= 15 is 0 Å². The zero-order chi connectivity index (χ0) is 21.1. The zero-order valence-corrected chi connectivity index (χ0v) is 14.7. The van der Waals surface area contributed by atoms with E-state index in [0.717, 1.165) is 0 Å². The molecule has 1 N–H and O–H groups in total. The van der Waals surface area contributed by atoms with Crippen LogP contribution in [0.2, 0.25) is 0 Å². The van der Waals surface area contributed by atoms with Gasteiger partial charge in [-0.25, -0.2) is 4.79 Å². The van der Waals surface area contributed by atoms with E-state index < -0.39 is 47.7 Å². The van der Waals surface area contributed by atoms with E-state index in [4.69, 9.17) is 5.11 Å². The summed E-state index contributed by atoms with van der Waals surface area (Å²) in [5.74, 6) is -52.8. The van der Waals surface area contributed by atoms with Gasteiger partial charge in [0.2, 0.25) is 0 Å². The molecule has 2 nitrogen and oxygen atoms in total. The predicted molar refractivity (Wildman–Crippen MR) is 43.4 cm³/mol. The minimum atomic E-state index is -8.47. The van der Waals surface area contributed by atoms with Crippen LogP contribution in [0.15, 0.2) is 0 Å². The first-order chi connectivity index (χ1) is 10.4. The molecule has 0 unspecified atom stereocenters. The molecule has 0 heterocycles. The molecule has 0 aliphatic heterocycles. The predicted octanol–water partition coefficient (Wildman–Crippen LogP) is 4.45. The summed E-state index contributed by atoms with van der Waals surface area (Å²) >= 11 is 0. The van der Waals surface area contributed by atoms with Crippen LogP contribution >= 0.6 is 0 Å². The van der Waals surface area contributed by atoms with Crippen LogP contribution in [0.25, 0.3) is 0 Å². The average Bonchev–Trinajstić information content (AvgIpc) is 2.35. The number of alkyl halides is 15. The summed E-state index contributed by atoms with van der Waals surface area (Å²) in [4.78, 5) is 9.72. The van der Waals surface area contributed by atoms with Gasteiger partial charge in [-0.1, -0.05) is 0 Å². The monoisotopic (exact) mass is 553 g/mol. The maximum atomic E-state index is 12.8. The van der Waals surface area contributed by atoms with Crippen molar-refractivity contribution in [1.29, 1.82) is 0 Å². The molecule has 0 aromatic rings. The van der Waals surface area contributed by atoms with Crippen LogP contribution < -0.4 is 0 Å². The number of rotatable bonds is 6. The van der Waals surface area contributed by atoms with Crippen LogP contribution in [0.1, 0.15) is 0 Å². The summed E-state index contributed by atoms with van der Waals surface area (Å²) < 4.78 is 187. The van der Waals surface area contributed by atoms with Crippen molar-refractivity contribution in [2.45, 2.75) is 41.7 Å². The fourth-order valence-corrected chi connectivity index (χ4v) is 1.10. The Balaban J connectivity index is 0. The van der Waals surface area contributed by atoms with Crippen molar-refractivity contribution in [3.05, 3.63) is 0 Å². The van der Waals surface area contributed by atoms with E-state index in [2.05, 4.69) is 0 Å². The molecule has 0 rings (SSSR count). The summed E-state index contributed by atoms with van der Waals surface area (Å²) in [5, 5.41) is 7.57. The van der Waals surface area contributed by atoms with Gasteiger partial charge in [-0.05, 0) is 0 Å². The van der Waals surface area contributed by atoms with Crippen LogP contribution in [0.4, 0.5) is 65.9 Å². The van der Waals surface area contributed by atoms with Gasteiger partial charge < -0.3 is 5.11 Å². The minimum Gasteiger partial charge on any atom is -0.477 e. The average molecular weight is 553 g/mol. The van der Waals surface area contributed by atoms with Gasteiger partial charge >= 0.3 is 47.7 Å². The van der Waals surface area contributed by atoms with Gasteiger partial charge in [0.15, 0.2) is 0 Å². The molecule has 0 aliphatic carbocycles. The van der Waals surface area contributed by atoms with Gasteiger partial charge in [0.05, 0.1) is 0 Å². The second-order valence-electron chi connectivity index (χ2n) is 4.25. The Kier molecular flexibility index (Phi) is 7.38. The third-order valence-electron chi connectivity index (χ3n) is 2.60. The number of aliphatic carboxylic acids is 1. The zero-order valence-electron chi connectivity index (χ0n) is 11.1. The Labute approximate surface area is 159 Å². The van der Waals surface area contributed by atoms with Crippen LogP contribution in [0.3, 0.4) is 0 Å². The summed E-state index contributed by atoms with van der Waals surface area (Å²) in [6, 6.07) is 0. The van der Waals surface area contributed by atoms with Gasteiger partial charge in [-0.2, -0.15) is 65.9 Å². The molecule has 0 saturated heterocycles. The molecule has 0 saturated carbocycles. The molecule has 0 aromatic heterocycles. The Morgan fingerprint density at radius 1 is 0.500 bits per heavy atom. The second kappa shape index (κ2) is 6.90. The molecule has 0 atom stereocenters. The van der Waals surface area contributed by atoms with E-state index in [1.165, 1.54) is 0 Å². The topological polar surface area (TPSA) is 37.3 Å². The Morgan fingerprint density at radius 3 is 0.962 bits per heavy atom. The van der Waals surface area contributed by atoms with Crippen LogP contribution in [0, 0.1) is 35.6 Å². The number of hydrogen-bond donors (Lipinski definition) is 1. The molecular weight excluding hydrogens is 552 g/mol. The quantitative estimate of drug-likeness (QED) is 0.495. The van der Waals surface area contributed by atoms with Crippen molar-refractivity contribution in [2.24, 2.45) is 0 Å². The molecule has 0 fully saturated rings. The smallest absolute Gasteiger partial charge is 0.460 e. The van der Waals surface area contributed by atoms with Crippen molar-refractivity contribution in [3.8, 4) is 0 Å². The number of hydrogen-bond acceptors (Lipinski definition) is 1. The van der Waals surface area contributed by atoms with Crippen molar-refractivity contribution in [1.82, 2.24) is 0 Å². The largest absolute Gasteiger partial charge is 0.477 e. The molecular formula is C8HF15LaO2. The molecule has 18 heteroatoms. The van der Waals surface area contributed by atoms with E-state index in [9.17, 15) is 70.7 Å². The first-order valence-corrected chi connectivity index (χ1v) is 5.01. The van der Waals surface area contributed by atoms with Crippen molar-refractivity contribution < 1.29 is 111 Å². The second-order valence-corrected chi connectivity index (χ2v) is 4.25. The first-order valence-electron chi connectivity index (χ1n) is 5.01. The van der Waals surface area contributed by atoms with E-state index in [-0.39, 0.29) is 35.6 Å². The third-order valence-corrected chi connectivity index (χ3v) is 2.60. The van der Waals surface area contributed by atoms with Gasteiger partial charge in [0, 0.05) is 35.6 Å². The van der Waals surface area contributed by atoms with Gasteiger partial charge in [-0.15, -0.1) is 0 Å². The van der Waals surface area contributed by atoms with Gasteiger partial charge in [0.25, 0.3) is 0 Å². The summed E-state index contributed by atoms with van der Waals surface area (Å²) in [5.41, 5.74) is 0. The SMILES string of the molecule is O=C(O)C(F)(F)C(F)(F)C(F)(F)C(F)(F)C(F)(F)C(F)(F)C(F)(F)F.[La]. The standard InChI is InChI=1S/C8HF15O2.La/c9-2(10,1(24)25)3(11,12)4(13,14)5(15,16)6(17,18)7(19,20)8(21,22)23;/h(H,24,25);. The third kappa shape index (κ3) is 3.40. The van der Waals surface area contributed by atoms with Gasteiger partial charge in [-0.3, -0.25) is 0 Å². The molecule has 0 bridgehead atoms. The van der Waals surface area contributed by atoms with E-state index in [1.807, 2.05) is 0 Å². The number of carboxylic acids is 1. The van der Waals surface area contributed by atoms with Gasteiger partial charge in [0.1, 0.15) is 0 Å².